The first-order valence-corrected chi connectivity index (χ1v) is 6.80. The van der Waals surface area contributed by atoms with Gasteiger partial charge in [0.05, 0.1) is 13.2 Å². The summed E-state index contributed by atoms with van der Waals surface area (Å²) in [5.74, 6) is 0.0714. The fourth-order valence-corrected chi connectivity index (χ4v) is 2.45. The summed E-state index contributed by atoms with van der Waals surface area (Å²) in [6, 6.07) is 6.92. The van der Waals surface area contributed by atoms with Crippen molar-refractivity contribution >= 4 is 17.9 Å². The van der Waals surface area contributed by atoms with Crippen LogP contribution in [0.1, 0.15) is 19.4 Å². The number of carbonyl (C=O) groups excluding carboxylic acids is 1. The number of quaternary nitrogens is 1. The Kier molecular flexibility index (Phi) is 4.28. The molecule has 1 aromatic rings. The molecule has 2 amide bonds. The van der Waals surface area contributed by atoms with Crippen LogP contribution in [-0.4, -0.2) is 30.5 Å². The number of para-hydroxylation sites is 1. The molecule has 1 N–H and O–H groups in total. The van der Waals surface area contributed by atoms with Crippen LogP contribution in [0, 0.1) is 0 Å². The number of carbonyl (C=O) groups is 2. The highest BCUT2D eigenvalue weighted by Crippen LogP contribution is 2.38. The molecule has 2 rings (SSSR count). The summed E-state index contributed by atoms with van der Waals surface area (Å²) >= 11 is 0. The molecule has 0 saturated heterocycles. The summed E-state index contributed by atoms with van der Waals surface area (Å²) in [4.78, 5) is 24.4. The van der Waals surface area contributed by atoms with E-state index in [1.165, 1.54) is 0 Å². The number of hydrogen-bond donors (Lipinski definition) is 1. The maximum atomic E-state index is 12.5. The molecule has 1 unspecified atom stereocenters. The van der Waals surface area contributed by atoms with Crippen LogP contribution in [0.5, 0.6) is 0 Å². The number of amides is 2. The van der Waals surface area contributed by atoms with Gasteiger partial charge in [-0.3, -0.25) is 0 Å². The number of allylic oxidation sites excluding steroid dienone is 1. The molecular weight excluding hydrogens is 274 g/mol. The minimum absolute atomic E-state index is 0.0714. The number of imide groups is 1. The van der Waals surface area contributed by atoms with E-state index in [1.54, 1.807) is 44.2 Å². The molecule has 0 saturated carbocycles. The number of carboxylic acid groups (broad SMARTS) is 1. The summed E-state index contributed by atoms with van der Waals surface area (Å²) in [5.41, 5.74) is 1.12. The van der Waals surface area contributed by atoms with Crippen LogP contribution in [-0.2, 0) is 15.9 Å². The smallest absolute Gasteiger partial charge is 0.451 e. The summed E-state index contributed by atoms with van der Waals surface area (Å²) in [5, 5.41) is 9.78. The monoisotopic (exact) mass is 292 g/mol. The average Bonchev–Trinajstić information content (AvgIpc) is 2.47. The lowest BCUT2D eigenvalue weighted by Gasteiger charge is -2.32. The van der Waals surface area contributed by atoms with Crippen molar-refractivity contribution in [1.82, 2.24) is 4.48 Å². The highest BCUT2D eigenvalue weighted by molar-refractivity contribution is 6.05. The van der Waals surface area contributed by atoms with Crippen molar-refractivity contribution in [3.05, 3.63) is 41.8 Å². The number of ether oxygens (including phenoxy) is 2. The second-order valence-corrected chi connectivity index (χ2v) is 4.46. The number of fused-ring (bicyclic) bond motifs is 1. The molecule has 0 bridgehead atoms. The zero-order chi connectivity index (χ0) is 15.5. The molecule has 6 nitrogen and oxygen atoms in total. The number of rotatable bonds is 3. The van der Waals surface area contributed by atoms with Gasteiger partial charge in [0.25, 0.3) is 0 Å². The van der Waals surface area contributed by atoms with Gasteiger partial charge < -0.3 is 14.6 Å². The third-order valence-corrected chi connectivity index (χ3v) is 3.30. The van der Waals surface area contributed by atoms with Crippen molar-refractivity contribution in [2.75, 3.05) is 13.2 Å². The summed E-state index contributed by atoms with van der Waals surface area (Å²) in [7, 11) is 0. The van der Waals surface area contributed by atoms with Crippen LogP contribution in [0.3, 0.4) is 0 Å². The van der Waals surface area contributed by atoms with Gasteiger partial charge in [-0.2, -0.15) is 9.59 Å². The quantitative estimate of drug-likeness (QED) is 0.866. The Hall–Kier alpha value is -2.34. The highest BCUT2D eigenvalue weighted by atomic mass is 16.6. The first-order valence-electron chi connectivity index (χ1n) is 6.80. The van der Waals surface area contributed by atoms with E-state index in [2.05, 4.69) is 0 Å². The number of nitrogens with zero attached hydrogens (tertiary/aromatic N) is 1. The normalized spacial score (nSPS) is 20.2. The van der Waals surface area contributed by atoms with Crippen LogP contribution in [0.25, 0.3) is 0 Å². The Morgan fingerprint density at radius 1 is 1.24 bits per heavy atom. The van der Waals surface area contributed by atoms with Gasteiger partial charge in [0.15, 0.2) is 5.69 Å². The van der Waals surface area contributed by atoms with Crippen molar-refractivity contribution in [2.45, 2.75) is 20.3 Å². The van der Waals surface area contributed by atoms with Gasteiger partial charge in [-0.15, -0.1) is 0 Å². The van der Waals surface area contributed by atoms with Gasteiger partial charge in [-0.1, -0.05) is 18.2 Å². The van der Waals surface area contributed by atoms with Gasteiger partial charge in [-0.05, 0) is 18.3 Å². The number of benzene rings is 1. The van der Waals surface area contributed by atoms with Gasteiger partial charge in [-0.25, -0.2) is 0 Å². The largest absolute Gasteiger partial charge is 0.540 e. The Morgan fingerprint density at radius 3 is 2.57 bits per heavy atom. The van der Waals surface area contributed by atoms with E-state index in [9.17, 15) is 14.7 Å². The molecule has 112 valence electrons. The SMILES string of the molecule is CCOC(=O)[N+]1(C(=O)O)C(OCC)=CCc2ccccc21. The third-order valence-electron chi connectivity index (χ3n) is 3.30. The zero-order valence-corrected chi connectivity index (χ0v) is 12.0. The lowest BCUT2D eigenvalue weighted by molar-refractivity contribution is 0.0741. The van der Waals surface area contributed by atoms with E-state index in [4.69, 9.17) is 9.47 Å². The van der Waals surface area contributed by atoms with E-state index in [0.29, 0.717) is 12.1 Å². The molecule has 0 aliphatic carbocycles. The summed E-state index contributed by atoms with van der Waals surface area (Å²) in [6.07, 6.45) is -0.0909. The topological polar surface area (TPSA) is 72.8 Å². The van der Waals surface area contributed by atoms with Crippen LogP contribution in [0.2, 0.25) is 0 Å². The standard InChI is InChI=1S/C15H17NO5/c1-3-20-13-10-9-11-7-5-6-8-12(11)16(13,14(17)18)15(19)21-4-2/h5-8,10H,3-4,9H2,1-2H3/p+1. The molecule has 21 heavy (non-hydrogen) atoms. The fraction of sp³-hybridized carbons (Fsp3) is 0.333. The minimum atomic E-state index is -1.35. The van der Waals surface area contributed by atoms with Crippen LogP contribution in [0.15, 0.2) is 36.2 Å². The van der Waals surface area contributed by atoms with Crippen molar-refractivity contribution in [2.24, 2.45) is 0 Å². The molecule has 1 heterocycles. The van der Waals surface area contributed by atoms with Crippen molar-refractivity contribution in [3.8, 4) is 0 Å². The molecule has 0 aromatic heterocycles. The Balaban J connectivity index is 2.69. The minimum Gasteiger partial charge on any atom is -0.451 e. The summed E-state index contributed by atoms with van der Waals surface area (Å²) < 4.78 is 9.36. The Labute approximate surface area is 122 Å². The zero-order valence-electron chi connectivity index (χ0n) is 12.0. The van der Waals surface area contributed by atoms with Gasteiger partial charge in [0.2, 0.25) is 0 Å². The second kappa shape index (κ2) is 5.97. The molecule has 1 aliphatic rings. The van der Waals surface area contributed by atoms with E-state index in [0.717, 1.165) is 5.56 Å². The average molecular weight is 292 g/mol. The van der Waals surface area contributed by atoms with Crippen molar-refractivity contribution in [3.63, 3.8) is 0 Å². The lowest BCUT2D eigenvalue weighted by Crippen LogP contribution is -2.59. The van der Waals surface area contributed by atoms with E-state index in [-0.39, 0.29) is 19.1 Å². The highest BCUT2D eigenvalue weighted by Gasteiger charge is 2.58. The van der Waals surface area contributed by atoms with Crippen molar-refractivity contribution in [1.29, 1.82) is 0 Å². The first kappa shape index (κ1) is 15.1. The molecular formula is C15H18NO5+. The Morgan fingerprint density at radius 2 is 1.95 bits per heavy atom. The molecule has 1 aliphatic heterocycles. The van der Waals surface area contributed by atoms with Gasteiger partial charge in [0, 0.05) is 24.1 Å². The van der Waals surface area contributed by atoms with E-state index in [1.807, 2.05) is 0 Å². The summed E-state index contributed by atoms with van der Waals surface area (Å²) in [6.45, 7) is 3.73. The second-order valence-electron chi connectivity index (χ2n) is 4.46. The Bertz CT molecular complexity index is 595. The fourth-order valence-electron chi connectivity index (χ4n) is 2.45. The molecule has 1 aromatic carbocycles. The van der Waals surface area contributed by atoms with Crippen LogP contribution >= 0.6 is 0 Å². The van der Waals surface area contributed by atoms with Crippen molar-refractivity contribution < 1.29 is 24.2 Å². The molecule has 0 spiro atoms. The predicted molar refractivity (Wildman–Crippen MR) is 76.7 cm³/mol. The first-order chi connectivity index (χ1) is 10.1. The van der Waals surface area contributed by atoms with Crippen LogP contribution < -0.4 is 4.48 Å². The third kappa shape index (κ3) is 2.27. The predicted octanol–water partition coefficient (Wildman–Crippen LogP) is 3.26. The maximum Gasteiger partial charge on any atom is 0.540 e. The van der Waals surface area contributed by atoms with E-state index < -0.39 is 16.7 Å². The van der Waals surface area contributed by atoms with Gasteiger partial charge in [0.1, 0.15) is 0 Å². The maximum absolute atomic E-state index is 12.5. The van der Waals surface area contributed by atoms with E-state index >= 15 is 0 Å². The number of hydrogen-bond acceptors (Lipinski definition) is 4. The lowest BCUT2D eigenvalue weighted by atomic mass is 10.0. The molecule has 0 fully saturated rings. The molecule has 6 heteroatoms. The van der Waals surface area contributed by atoms with Crippen LogP contribution in [0.4, 0.5) is 15.3 Å². The molecule has 1 atom stereocenters. The molecule has 0 radical (unpaired) electrons. The van der Waals surface area contributed by atoms with Gasteiger partial charge >= 0.3 is 18.1 Å².